The molecule has 3 aliphatic rings. The molecule has 2 N–H and O–H groups in total. The van der Waals surface area contributed by atoms with Crippen molar-refractivity contribution in [2.75, 3.05) is 51.5 Å². The van der Waals surface area contributed by atoms with Crippen LogP contribution in [0.5, 0.6) is 5.75 Å². The van der Waals surface area contributed by atoms with Crippen LogP contribution in [0.3, 0.4) is 0 Å². The molecule has 0 spiro atoms. The highest BCUT2D eigenvalue weighted by Gasteiger charge is 2.41. The molecule has 3 aliphatic heterocycles. The van der Waals surface area contributed by atoms with Gasteiger partial charge in [0.1, 0.15) is 5.75 Å². The fraction of sp³-hybridized carbons (Fsp3) is 0.742. The maximum atomic E-state index is 13.1. The van der Waals surface area contributed by atoms with Gasteiger partial charge in [-0.15, -0.1) is 0 Å². The molecule has 0 aromatic heterocycles. The number of nitrogens with zero attached hydrogens (tertiary/aromatic N) is 1. The van der Waals surface area contributed by atoms with Crippen molar-refractivity contribution in [3.63, 3.8) is 0 Å². The maximum Gasteiger partial charge on any atom is 0.270 e. The lowest BCUT2D eigenvalue weighted by molar-refractivity contribution is -0.132. The van der Waals surface area contributed by atoms with Crippen molar-refractivity contribution in [1.82, 2.24) is 10.6 Å². The average molecular weight is 560 g/mol. The van der Waals surface area contributed by atoms with E-state index >= 15 is 0 Å². The van der Waals surface area contributed by atoms with E-state index in [4.69, 9.17) is 18.9 Å². The van der Waals surface area contributed by atoms with Crippen molar-refractivity contribution in [3.8, 4) is 5.75 Å². The van der Waals surface area contributed by atoms with Crippen LogP contribution in [0, 0.1) is 11.3 Å². The van der Waals surface area contributed by atoms with Crippen molar-refractivity contribution in [3.05, 3.63) is 23.8 Å². The first-order valence-electron chi connectivity index (χ1n) is 14.9. The fourth-order valence-corrected chi connectivity index (χ4v) is 5.85. The van der Waals surface area contributed by atoms with Crippen molar-refractivity contribution in [2.24, 2.45) is 11.3 Å². The van der Waals surface area contributed by atoms with E-state index in [0.29, 0.717) is 37.5 Å². The lowest BCUT2D eigenvalue weighted by atomic mass is 9.82. The Morgan fingerprint density at radius 3 is 2.67 bits per heavy atom. The summed E-state index contributed by atoms with van der Waals surface area (Å²) >= 11 is 0. The van der Waals surface area contributed by atoms with Crippen LogP contribution >= 0.6 is 0 Å². The molecule has 1 aromatic rings. The number of amides is 2. The molecule has 3 heterocycles. The van der Waals surface area contributed by atoms with Gasteiger partial charge in [0.2, 0.25) is 5.91 Å². The number of carbonyl (C=O) groups is 2. The van der Waals surface area contributed by atoms with Crippen LogP contribution in [-0.2, 0) is 30.4 Å². The van der Waals surface area contributed by atoms with Gasteiger partial charge in [0.25, 0.3) is 5.91 Å². The maximum absolute atomic E-state index is 13.1. The van der Waals surface area contributed by atoms with Gasteiger partial charge in [-0.25, -0.2) is 0 Å². The minimum absolute atomic E-state index is 0.0446. The highest BCUT2D eigenvalue weighted by molar-refractivity contribution is 6.02. The van der Waals surface area contributed by atoms with Crippen LogP contribution in [-0.4, -0.2) is 76.1 Å². The van der Waals surface area contributed by atoms with Gasteiger partial charge in [-0.2, -0.15) is 0 Å². The minimum Gasteiger partial charge on any atom is -0.476 e. The molecular weight excluding hydrogens is 510 g/mol. The van der Waals surface area contributed by atoms with Gasteiger partial charge in [0, 0.05) is 58.0 Å². The van der Waals surface area contributed by atoms with E-state index in [1.165, 1.54) is 0 Å². The summed E-state index contributed by atoms with van der Waals surface area (Å²) in [4.78, 5) is 27.8. The number of anilines is 1. The second-order valence-electron chi connectivity index (χ2n) is 12.7. The molecule has 1 unspecified atom stereocenters. The van der Waals surface area contributed by atoms with Crippen molar-refractivity contribution < 1.29 is 28.5 Å². The number of carbonyl (C=O) groups excluding carboxylic acids is 2. The van der Waals surface area contributed by atoms with Gasteiger partial charge in [0.05, 0.1) is 18.4 Å². The number of hydrogen-bond donors (Lipinski definition) is 2. The number of nitrogens with one attached hydrogen (secondary N) is 2. The number of rotatable bonds is 12. The predicted molar refractivity (Wildman–Crippen MR) is 155 cm³/mol. The Bertz CT molecular complexity index is 999. The molecule has 9 nitrogen and oxygen atoms in total. The molecule has 2 atom stereocenters. The highest BCUT2D eigenvalue weighted by Crippen LogP contribution is 2.39. The van der Waals surface area contributed by atoms with Gasteiger partial charge in [0.15, 0.2) is 5.60 Å². The van der Waals surface area contributed by atoms with E-state index in [1.54, 1.807) is 7.11 Å². The average Bonchev–Trinajstić information content (AvgIpc) is 2.94. The van der Waals surface area contributed by atoms with Gasteiger partial charge in [-0.05, 0) is 76.0 Å². The van der Waals surface area contributed by atoms with Crippen LogP contribution in [0.4, 0.5) is 5.69 Å². The monoisotopic (exact) mass is 559 g/mol. The number of methoxy groups -OCH3 is 1. The third-order valence-electron chi connectivity index (χ3n) is 8.39. The van der Waals surface area contributed by atoms with Crippen LogP contribution in [0.2, 0.25) is 0 Å². The summed E-state index contributed by atoms with van der Waals surface area (Å²) in [5, 5.41) is 6.81. The van der Waals surface area contributed by atoms with Gasteiger partial charge < -0.3 is 34.5 Å². The predicted octanol–water partition coefficient (Wildman–Crippen LogP) is 3.82. The third kappa shape index (κ3) is 7.96. The summed E-state index contributed by atoms with van der Waals surface area (Å²) in [5.41, 5.74) is 0.474. The van der Waals surface area contributed by atoms with E-state index in [2.05, 4.69) is 10.6 Å². The normalized spacial score (nSPS) is 23.4. The van der Waals surface area contributed by atoms with Gasteiger partial charge >= 0.3 is 0 Å². The molecule has 0 radical (unpaired) electrons. The number of fused-ring (bicyclic) bond motifs is 1. The first kappa shape index (κ1) is 30.8. The van der Waals surface area contributed by atoms with Crippen LogP contribution < -0.4 is 20.3 Å². The Hall–Kier alpha value is -2.20. The Kier molecular flexibility index (Phi) is 10.5. The molecule has 2 saturated heterocycles. The Morgan fingerprint density at radius 1 is 1.20 bits per heavy atom. The SMILES string of the molecule is COCCCN1C(=O)C(C)(C)Oc2ccc(CO[C@@H]3CCC(CC(C)(C)C(=O)NCC4CCOCC4)NC3)cc21. The molecular formula is C31H49N3O6. The van der Waals surface area contributed by atoms with E-state index in [1.807, 2.05) is 50.8 Å². The molecule has 1 aromatic carbocycles. The van der Waals surface area contributed by atoms with Crippen LogP contribution in [0.15, 0.2) is 18.2 Å². The van der Waals surface area contributed by atoms with Crippen molar-refractivity contribution >= 4 is 17.5 Å². The number of benzene rings is 1. The quantitative estimate of drug-likeness (QED) is 0.376. The van der Waals surface area contributed by atoms with Crippen molar-refractivity contribution in [2.45, 2.75) is 90.6 Å². The Balaban J connectivity index is 1.24. The molecule has 40 heavy (non-hydrogen) atoms. The number of hydrogen-bond acceptors (Lipinski definition) is 7. The second-order valence-corrected chi connectivity index (χ2v) is 12.7. The largest absolute Gasteiger partial charge is 0.476 e. The summed E-state index contributed by atoms with van der Waals surface area (Å²) < 4.78 is 22.9. The zero-order chi connectivity index (χ0) is 28.8. The van der Waals surface area contributed by atoms with Gasteiger partial charge in [-0.3, -0.25) is 9.59 Å². The number of ether oxygens (including phenoxy) is 4. The zero-order valence-electron chi connectivity index (χ0n) is 25.1. The second kappa shape index (κ2) is 13.6. The molecule has 0 saturated carbocycles. The zero-order valence-corrected chi connectivity index (χ0v) is 25.1. The molecule has 0 aliphatic carbocycles. The van der Waals surface area contributed by atoms with Crippen LogP contribution in [0.1, 0.15) is 71.8 Å². The highest BCUT2D eigenvalue weighted by atomic mass is 16.5. The van der Waals surface area contributed by atoms with Gasteiger partial charge in [-0.1, -0.05) is 19.9 Å². The smallest absolute Gasteiger partial charge is 0.270 e. The Morgan fingerprint density at radius 2 is 1.98 bits per heavy atom. The fourth-order valence-electron chi connectivity index (χ4n) is 5.85. The molecule has 9 heteroatoms. The number of piperidine rings is 1. The van der Waals surface area contributed by atoms with E-state index in [9.17, 15) is 9.59 Å². The summed E-state index contributed by atoms with van der Waals surface area (Å²) in [7, 11) is 1.67. The minimum atomic E-state index is -0.900. The first-order chi connectivity index (χ1) is 19.1. The summed E-state index contributed by atoms with van der Waals surface area (Å²) in [6, 6.07) is 6.25. The van der Waals surface area contributed by atoms with E-state index in [-0.39, 0.29) is 17.9 Å². The molecule has 4 rings (SSSR count). The molecule has 2 fully saturated rings. The lowest BCUT2D eigenvalue weighted by Gasteiger charge is -2.39. The standard InChI is InChI=1S/C31H49N3O6/c1-30(2,28(35)33-19-22-11-15-38-16-12-22)18-24-8-9-25(20-32-24)39-21-23-7-10-27-26(17-23)34(13-6-14-37-5)29(36)31(3,4)40-27/h7,10,17,22,24-25,32H,6,8-9,11-16,18-21H2,1-5H3,(H,33,35)/t24?,25-/m1/s1. The summed E-state index contributed by atoms with van der Waals surface area (Å²) in [5.74, 6) is 1.32. The van der Waals surface area contributed by atoms with Crippen LogP contribution in [0.25, 0.3) is 0 Å². The van der Waals surface area contributed by atoms with E-state index < -0.39 is 11.0 Å². The topological polar surface area (TPSA) is 98.4 Å². The lowest BCUT2D eigenvalue weighted by Crippen LogP contribution is -2.52. The summed E-state index contributed by atoms with van der Waals surface area (Å²) in [6.07, 6.45) is 5.61. The molecule has 224 valence electrons. The Labute approximate surface area is 239 Å². The van der Waals surface area contributed by atoms with E-state index in [0.717, 1.165) is 76.1 Å². The molecule has 2 amide bonds. The first-order valence-corrected chi connectivity index (χ1v) is 14.9. The third-order valence-corrected chi connectivity index (χ3v) is 8.39. The van der Waals surface area contributed by atoms with Crippen molar-refractivity contribution in [1.29, 1.82) is 0 Å². The summed E-state index contributed by atoms with van der Waals surface area (Å²) in [6.45, 7) is 12.4. The molecule has 0 bridgehead atoms.